The molecule has 2 atom stereocenters. The summed E-state index contributed by atoms with van der Waals surface area (Å²) in [5.74, 6) is -0.134. The summed E-state index contributed by atoms with van der Waals surface area (Å²) in [7, 11) is 3.48. The second-order valence-electron chi connectivity index (χ2n) is 10.5. The van der Waals surface area contributed by atoms with Gasteiger partial charge in [0.15, 0.2) is 5.82 Å². The number of halogens is 1. The second-order valence-corrected chi connectivity index (χ2v) is 10.5. The van der Waals surface area contributed by atoms with E-state index in [1.807, 2.05) is 30.9 Å². The fraction of sp³-hybridized carbons (Fsp3) is 0.577. The topological polar surface area (TPSA) is 90.5 Å². The maximum atomic E-state index is 14.4. The van der Waals surface area contributed by atoms with Crippen LogP contribution in [0.1, 0.15) is 37.9 Å². The Morgan fingerprint density at radius 1 is 1.25 bits per heavy atom. The number of methoxy groups -OCH3 is 1. The zero-order valence-corrected chi connectivity index (χ0v) is 21.4. The first-order chi connectivity index (χ1) is 17.2. The Labute approximate surface area is 210 Å². The minimum atomic E-state index is -0.745. The molecule has 2 aliphatic rings. The van der Waals surface area contributed by atoms with Gasteiger partial charge in [-0.2, -0.15) is 10.2 Å². The summed E-state index contributed by atoms with van der Waals surface area (Å²) in [6.07, 6.45) is 8.87. The molecule has 0 aromatic carbocycles. The number of piperidine rings is 1. The van der Waals surface area contributed by atoms with Crippen LogP contribution in [0.2, 0.25) is 0 Å². The molecule has 0 saturated carbocycles. The van der Waals surface area contributed by atoms with Crippen molar-refractivity contribution in [2.24, 2.45) is 5.92 Å². The zero-order chi connectivity index (χ0) is 25.4. The number of likely N-dealkylation sites (tertiary alicyclic amines) is 1. The minimum Gasteiger partial charge on any atom is -0.479 e. The van der Waals surface area contributed by atoms with Crippen LogP contribution in [0, 0.1) is 11.7 Å². The van der Waals surface area contributed by atoms with Crippen LogP contribution >= 0.6 is 0 Å². The van der Waals surface area contributed by atoms with E-state index in [1.54, 1.807) is 10.9 Å². The van der Waals surface area contributed by atoms with Gasteiger partial charge in [0, 0.05) is 42.4 Å². The third kappa shape index (κ3) is 4.89. The number of fused-ring (bicyclic) bond motifs is 1. The van der Waals surface area contributed by atoms with Crippen LogP contribution in [0.5, 0.6) is 5.88 Å². The van der Waals surface area contributed by atoms with Crippen LogP contribution in [-0.4, -0.2) is 80.1 Å². The van der Waals surface area contributed by atoms with Crippen molar-refractivity contribution in [3.63, 3.8) is 0 Å². The summed E-state index contributed by atoms with van der Waals surface area (Å²) in [5.41, 5.74) is 3.69. The fourth-order valence-corrected chi connectivity index (χ4v) is 5.58. The first-order valence-corrected chi connectivity index (χ1v) is 12.6. The first-order valence-electron chi connectivity index (χ1n) is 12.6. The Bertz CT molecular complexity index is 1220. The van der Waals surface area contributed by atoms with Crippen molar-refractivity contribution in [2.45, 2.75) is 57.7 Å². The van der Waals surface area contributed by atoms with E-state index in [9.17, 15) is 9.50 Å². The highest BCUT2D eigenvalue weighted by Crippen LogP contribution is 2.32. The molecule has 0 radical (unpaired) electrons. The summed E-state index contributed by atoms with van der Waals surface area (Å²) in [4.78, 5) is 6.35. The number of hydrogen-bond donors (Lipinski definition) is 1. The van der Waals surface area contributed by atoms with Gasteiger partial charge in [-0.1, -0.05) is 0 Å². The Morgan fingerprint density at radius 2 is 2.06 bits per heavy atom. The average molecular weight is 499 g/mol. The molecule has 9 nitrogen and oxygen atoms in total. The first kappa shape index (κ1) is 24.9. The Kier molecular flexibility index (Phi) is 6.84. The quantitative estimate of drug-likeness (QED) is 0.559. The van der Waals surface area contributed by atoms with Crippen molar-refractivity contribution >= 4 is 0 Å². The molecule has 10 heteroatoms. The lowest BCUT2D eigenvalue weighted by atomic mass is 9.83. The molecule has 194 valence electrons. The summed E-state index contributed by atoms with van der Waals surface area (Å²) < 4.78 is 28.9. The number of hydrogen-bond acceptors (Lipinski definition) is 7. The van der Waals surface area contributed by atoms with Gasteiger partial charge < -0.3 is 19.5 Å². The van der Waals surface area contributed by atoms with Gasteiger partial charge in [0.1, 0.15) is 0 Å². The van der Waals surface area contributed by atoms with E-state index >= 15 is 0 Å². The van der Waals surface area contributed by atoms with E-state index in [2.05, 4.69) is 22.0 Å². The molecule has 1 N–H and O–H groups in total. The van der Waals surface area contributed by atoms with Gasteiger partial charge in [-0.3, -0.25) is 4.68 Å². The van der Waals surface area contributed by atoms with Crippen molar-refractivity contribution in [1.29, 1.82) is 0 Å². The molecule has 0 amide bonds. The molecule has 1 saturated heterocycles. The second kappa shape index (κ2) is 9.91. The molecule has 3 aromatic heterocycles. The third-order valence-electron chi connectivity index (χ3n) is 7.45. The van der Waals surface area contributed by atoms with Gasteiger partial charge in [-0.05, 0) is 52.6 Å². The number of pyridine rings is 1. The Morgan fingerprint density at radius 3 is 2.81 bits per heavy atom. The van der Waals surface area contributed by atoms with Crippen molar-refractivity contribution in [3.8, 4) is 22.8 Å². The van der Waals surface area contributed by atoms with Gasteiger partial charge in [0.05, 0.1) is 55.4 Å². The number of aromatic nitrogens is 5. The van der Waals surface area contributed by atoms with E-state index in [0.717, 1.165) is 54.9 Å². The van der Waals surface area contributed by atoms with E-state index in [0.29, 0.717) is 31.2 Å². The molecule has 1 fully saturated rings. The number of likely N-dealkylation sites (N-methyl/N-ethyl adjacent to an activating group) is 1. The number of nitrogens with zero attached hydrogens (tertiary/aromatic N) is 6. The van der Waals surface area contributed by atoms with Crippen molar-refractivity contribution < 1.29 is 19.0 Å². The summed E-state index contributed by atoms with van der Waals surface area (Å²) in [6.45, 7) is 6.72. The molecule has 0 spiro atoms. The monoisotopic (exact) mass is 498 g/mol. The number of ether oxygens (including phenoxy) is 2. The van der Waals surface area contributed by atoms with Crippen LogP contribution in [-0.2, 0) is 24.1 Å². The van der Waals surface area contributed by atoms with Gasteiger partial charge in [0.25, 0.3) is 0 Å². The molecular weight excluding hydrogens is 463 g/mol. The SMILES string of the molecule is COc1ncc(-n2nc(-c3cnn(C[C@@H]4CCN(C)[C@H](C(C)(C)O)C4)c3)c3c2CCOCC3)cc1F. The molecule has 5 rings (SSSR count). The van der Waals surface area contributed by atoms with Crippen molar-refractivity contribution in [2.75, 3.05) is 33.9 Å². The minimum absolute atomic E-state index is 0.0393. The highest BCUT2D eigenvalue weighted by Gasteiger charge is 2.36. The molecule has 0 unspecified atom stereocenters. The highest BCUT2D eigenvalue weighted by molar-refractivity contribution is 5.64. The van der Waals surface area contributed by atoms with Crippen LogP contribution in [0.4, 0.5) is 4.39 Å². The lowest BCUT2D eigenvalue weighted by molar-refractivity contribution is -0.0398. The third-order valence-corrected chi connectivity index (χ3v) is 7.45. The molecule has 5 heterocycles. The lowest BCUT2D eigenvalue weighted by Crippen LogP contribution is -2.52. The summed E-state index contributed by atoms with van der Waals surface area (Å²) in [5, 5.41) is 20.2. The molecular formula is C26H35FN6O3. The normalized spacial score (nSPS) is 21.3. The lowest BCUT2D eigenvalue weighted by Gasteiger charge is -2.43. The van der Waals surface area contributed by atoms with E-state index in [1.165, 1.54) is 13.2 Å². The van der Waals surface area contributed by atoms with Crippen LogP contribution in [0.3, 0.4) is 0 Å². The van der Waals surface area contributed by atoms with Crippen LogP contribution < -0.4 is 4.74 Å². The highest BCUT2D eigenvalue weighted by atomic mass is 19.1. The predicted octanol–water partition coefficient (Wildman–Crippen LogP) is 2.88. The van der Waals surface area contributed by atoms with E-state index < -0.39 is 11.4 Å². The van der Waals surface area contributed by atoms with Crippen LogP contribution in [0.25, 0.3) is 16.9 Å². The molecule has 0 aliphatic carbocycles. The van der Waals surface area contributed by atoms with Crippen molar-refractivity contribution in [1.82, 2.24) is 29.4 Å². The molecule has 36 heavy (non-hydrogen) atoms. The Balaban J connectivity index is 1.43. The zero-order valence-electron chi connectivity index (χ0n) is 21.4. The van der Waals surface area contributed by atoms with Gasteiger partial charge in [0.2, 0.25) is 5.88 Å². The maximum absolute atomic E-state index is 14.4. The molecule has 0 bridgehead atoms. The molecule has 2 aliphatic heterocycles. The van der Waals surface area contributed by atoms with E-state index in [-0.39, 0.29) is 11.9 Å². The number of aliphatic hydroxyl groups is 1. The smallest absolute Gasteiger partial charge is 0.250 e. The summed E-state index contributed by atoms with van der Waals surface area (Å²) >= 11 is 0. The maximum Gasteiger partial charge on any atom is 0.250 e. The average Bonchev–Trinajstić information content (AvgIpc) is 3.36. The largest absolute Gasteiger partial charge is 0.479 e. The van der Waals surface area contributed by atoms with Gasteiger partial charge in [-0.25, -0.2) is 14.1 Å². The fourth-order valence-electron chi connectivity index (χ4n) is 5.58. The Hall–Kier alpha value is -2.82. The predicted molar refractivity (Wildman–Crippen MR) is 133 cm³/mol. The van der Waals surface area contributed by atoms with Gasteiger partial charge >= 0.3 is 0 Å². The summed E-state index contributed by atoms with van der Waals surface area (Å²) in [6, 6.07) is 1.52. The van der Waals surface area contributed by atoms with Crippen molar-refractivity contribution in [3.05, 3.63) is 41.7 Å². The van der Waals surface area contributed by atoms with Crippen LogP contribution in [0.15, 0.2) is 24.7 Å². The molecule has 3 aromatic rings. The number of rotatable bonds is 6. The van der Waals surface area contributed by atoms with E-state index in [4.69, 9.17) is 14.6 Å². The van der Waals surface area contributed by atoms with Gasteiger partial charge in [-0.15, -0.1) is 0 Å². The standard InChI is InChI=1S/C26H35FN6O3/c1-26(2,34)23-11-17(5-8-31(23)3)15-32-16-18(13-29-32)24-20-6-9-36-10-7-22(20)33(30-24)19-12-21(27)25(35-4)28-14-19/h12-14,16-17,23,34H,5-11,15H2,1-4H3/t17-,23+/m1/s1.